The molecule has 7 aromatic carbocycles. The van der Waals surface area contributed by atoms with Crippen LogP contribution in [0.2, 0.25) is 0 Å². The maximum atomic E-state index is 13.6. The van der Waals surface area contributed by atoms with Crippen LogP contribution in [0.15, 0.2) is 199 Å². The van der Waals surface area contributed by atoms with Crippen molar-refractivity contribution in [2.24, 2.45) is 0 Å². The third kappa shape index (κ3) is 15.8. The van der Waals surface area contributed by atoms with Crippen molar-refractivity contribution >= 4 is 57.8 Å². The minimum Gasteiger partial charge on any atom is -0.871 e. The second-order valence-electron chi connectivity index (χ2n) is 23.8. The van der Waals surface area contributed by atoms with Crippen LogP contribution >= 0.6 is 0 Å². The molecule has 0 saturated heterocycles. The fraction of sp³-hybridized carbons (Fsp3) is 0.282. The average molecular weight is 1200 g/mol. The summed E-state index contributed by atoms with van der Waals surface area (Å²) >= 11 is 0. The van der Waals surface area contributed by atoms with Gasteiger partial charge in [0.2, 0.25) is 11.4 Å². The van der Waals surface area contributed by atoms with E-state index in [1.165, 1.54) is 46.5 Å². The average Bonchev–Trinajstić information content (AvgIpc) is 0.760. The van der Waals surface area contributed by atoms with Crippen LogP contribution in [-0.4, -0.2) is 51.8 Å². The summed E-state index contributed by atoms with van der Waals surface area (Å²) in [7, 11) is 0. The van der Waals surface area contributed by atoms with Gasteiger partial charge < -0.3 is 31.3 Å². The number of carbonyl (C=O) groups excluding carboxylic acids is 5. The summed E-state index contributed by atoms with van der Waals surface area (Å²) in [4.78, 5) is 67.1. The predicted octanol–water partition coefficient (Wildman–Crippen LogP) is 14.6. The van der Waals surface area contributed by atoms with Crippen molar-refractivity contribution in [1.29, 1.82) is 0 Å². The first kappa shape index (κ1) is 64.8. The van der Waals surface area contributed by atoms with E-state index in [2.05, 4.69) is 147 Å². The number of carbonyl (C=O) groups is 5. The number of allylic oxidation sites excluding steroid dienone is 7. The zero-order valence-corrected chi connectivity index (χ0v) is 53.3. The van der Waals surface area contributed by atoms with E-state index in [0.29, 0.717) is 71.7 Å². The lowest BCUT2D eigenvalue weighted by Crippen LogP contribution is -2.32. The standard InChI is InChI=1S/C46H56N2O2.C32H28N4O4/c1-9-13-15-37(11-3)47(41-27-17-31(5)29-33(41)7)39-23-19-35(20-24-39)43-45(49)44(46(43)50)36-21-25-40(26-22-36)48(38(12-4)16-14-10-2)42-28-18-32(6)30-34(42)8;37-29-25-3-1-4-26(15-25)30(38)34-18-22-9-13-24(14-10-22)20-36-32(40)28-6-2-5-27(16-28)31(39)35-19-23-11-7-21(8-12-23)17-33-29/h17-30,37-38H,9-16H2,1-8H3;1-16H,17-20H2,(H,33,37)(H,34,38)(H,35,39)(H,36,40). The predicted molar refractivity (Wildman–Crippen MR) is 360 cm³/mol. The highest BCUT2D eigenvalue weighted by molar-refractivity contribution is 6.39. The molecule has 13 rings (SSSR count). The molecule has 2 aliphatic carbocycles. The van der Waals surface area contributed by atoms with Crippen LogP contribution in [0.5, 0.6) is 0 Å². The van der Waals surface area contributed by atoms with Crippen molar-refractivity contribution in [2.75, 3.05) is 4.90 Å². The van der Waals surface area contributed by atoms with Crippen molar-refractivity contribution in [3.05, 3.63) is 271 Å². The van der Waals surface area contributed by atoms with Gasteiger partial charge in [-0.1, -0.05) is 155 Å². The second-order valence-corrected chi connectivity index (χ2v) is 23.8. The summed E-state index contributed by atoms with van der Waals surface area (Å²) in [5.74, 6) is -1.46. The van der Waals surface area contributed by atoms with Crippen molar-refractivity contribution in [3.63, 3.8) is 0 Å². The first-order valence-electron chi connectivity index (χ1n) is 31.8. The molecule has 0 saturated carbocycles. The number of benzene rings is 7. The Hall–Kier alpha value is -9.68. The summed E-state index contributed by atoms with van der Waals surface area (Å²) in [5.41, 5.74) is 16.7. The molecule has 0 fully saturated rings. The van der Waals surface area contributed by atoms with Gasteiger partial charge in [0.15, 0.2) is 11.8 Å². The molecule has 4 amide bonds. The van der Waals surface area contributed by atoms with E-state index in [1.807, 2.05) is 72.8 Å². The van der Waals surface area contributed by atoms with Crippen LogP contribution in [-0.2, 0) is 31.0 Å². The number of nitrogens with zero attached hydrogens (tertiary/aromatic N) is 2. The molecule has 12 nitrogen and oxygen atoms in total. The van der Waals surface area contributed by atoms with E-state index in [0.717, 1.165) is 72.2 Å². The number of amides is 4. The van der Waals surface area contributed by atoms with Crippen molar-refractivity contribution in [2.45, 2.75) is 145 Å². The van der Waals surface area contributed by atoms with Crippen LogP contribution in [0, 0.1) is 27.7 Å². The maximum absolute atomic E-state index is 13.6. The smallest absolute Gasteiger partial charge is 0.251 e. The number of unbranched alkanes of at least 4 members (excludes halogenated alkanes) is 2. The van der Waals surface area contributed by atoms with Crippen molar-refractivity contribution in [3.8, 4) is 0 Å². The van der Waals surface area contributed by atoms with E-state index in [9.17, 15) is 29.1 Å². The summed E-state index contributed by atoms with van der Waals surface area (Å²) in [6.07, 6.45) is 17.0. The molecule has 4 aliphatic heterocycles. The molecule has 4 heterocycles. The molecule has 12 heteroatoms. The van der Waals surface area contributed by atoms with Gasteiger partial charge in [-0.25, -0.2) is 0 Å². The van der Waals surface area contributed by atoms with Crippen LogP contribution in [0.1, 0.15) is 171 Å². The van der Waals surface area contributed by atoms with Crippen LogP contribution in [0.25, 0.3) is 5.57 Å². The maximum Gasteiger partial charge on any atom is 0.251 e. The topological polar surface area (TPSA) is 163 Å². The summed E-state index contributed by atoms with van der Waals surface area (Å²) in [6, 6.07) is 50.3. The molecule has 0 radical (unpaired) electrons. The summed E-state index contributed by atoms with van der Waals surface area (Å²) < 4.78 is 2.45. The number of nitrogens with one attached hydrogen (secondary N) is 4. The van der Waals surface area contributed by atoms with Gasteiger partial charge in [-0.15, -0.1) is 0 Å². The van der Waals surface area contributed by atoms with E-state index in [-0.39, 0.29) is 46.3 Å². The number of rotatable bonds is 14. The molecule has 7 aromatic rings. The van der Waals surface area contributed by atoms with E-state index >= 15 is 0 Å². The van der Waals surface area contributed by atoms with Gasteiger partial charge in [-0.05, 0) is 159 Å². The van der Waals surface area contributed by atoms with Gasteiger partial charge in [-0.2, -0.15) is 4.58 Å². The van der Waals surface area contributed by atoms with Gasteiger partial charge in [0, 0.05) is 114 Å². The molecule has 0 aromatic heterocycles. The van der Waals surface area contributed by atoms with Gasteiger partial charge >= 0.3 is 0 Å². The minimum absolute atomic E-state index is 0.170. The van der Waals surface area contributed by atoms with Crippen LogP contribution in [0.3, 0.4) is 0 Å². The Bertz CT molecular complexity index is 3700. The SMILES string of the molecule is CCCCC(CC)N(c1ccc(C2=C([O-])C(=C3C=CC(=[N+](c4ccc(C)cc4C)C(CC)CCCC)C=C3)C2=O)cc1)c1ccc(C)cc1C.O=C1NCc2ccc(cc2)CNC(=O)c2cccc(c2)C(=O)NCc2ccc(cc2)CNC(=O)c2cccc1c2. The Balaban J connectivity index is 0.000000219. The number of hydrogen-bond acceptors (Lipinski definition) is 7. The van der Waals surface area contributed by atoms with Crippen LogP contribution in [0.4, 0.5) is 17.1 Å². The zero-order valence-electron chi connectivity index (χ0n) is 53.3. The Labute approximate surface area is 531 Å². The number of aryl methyl sites for hydroxylation is 4. The van der Waals surface area contributed by atoms with E-state index < -0.39 is 0 Å². The summed E-state index contributed by atoms with van der Waals surface area (Å²) in [5, 5.41) is 25.2. The van der Waals surface area contributed by atoms with Gasteiger partial charge in [0.05, 0.1) is 0 Å². The van der Waals surface area contributed by atoms with Crippen molar-refractivity contribution < 1.29 is 33.7 Å². The highest BCUT2D eigenvalue weighted by Crippen LogP contribution is 2.40. The molecular weight excluding hydrogens is 1120 g/mol. The zero-order chi connectivity index (χ0) is 63.8. The highest BCUT2D eigenvalue weighted by Gasteiger charge is 2.33. The second kappa shape index (κ2) is 30.5. The van der Waals surface area contributed by atoms with Crippen molar-refractivity contribution in [1.82, 2.24) is 21.3 Å². The Kier molecular flexibility index (Phi) is 21.9. The van der Waals surface area contributed by atoms with E-state index in [1.54, 1.807) is 48.5 Å². The largest absolute Gasteiger partial charge is 0.871 e. The van der Waals surface area contributed by atoms with Gasteiger partial charge in [0.1, 0.15) is 0 Å². The molecular formula is C78H84N6O6. The fourth-order valence-electron chi connectivity index (χ4n) is 11.9. The van der Waals surface area contributed by atoms with E-state index in [4.69, 9.17) is 0 Å². The molecule has 0 spiro atoms. The molecule has 462 valence electrons. The number of ketones is 1. The number of anilines is 2. The Morgan fingerprint density at radius 2 is 0.911 bits per heavy atom. The monoisotopic (exact) mass is 1200 g/mol. The Morgan fingerprint density at radius 1 is 0.467 bits per heavy atom. The third-order valence-electron chi connectivity index (χ3n) is 17.1. The lowest BCUT2D eigenvalue weighted by Gasteiger charge is -2.35. The summed E-state index contributed by atoms with van der Waals surface area (Å²) in [6.45, 7) is 18.9. The third-order valence-corrected chi connectivity index (χ3v) is 17.1. The fourth-order valence-corrected chi connectivity index (χ4v) is 11.9. The molecule has 8 bridgehead atoms. The van der Waals surface area contributed by atoms with Gasteiger partial charge in [0.25, 0.3) is 23.6 Å². The molecule has 2 unspecified atom stereocenters. The van der Waals surface area contributed by atoms with Crippen LogP contribution < -0.4 is 31.3 Å². The lowest BCUT2D eigenvalue weighted by molar-refractivity contribution is -0.486. The minimum atomic E-state index is -0.280. The quantitative estimate of drug-likeness (QED) is 0.0622. The molecule has 90 heavy (non-hydrogen) atoms. The van der Waals surface area contributed by atoms with Gasteiger partial charge in [-0.3, -0.25) is 24.0 Å². The first-order valence-corrected chi connectivity index (χ1v) is 31.8. The Morgan fingerprint density at radius 3 is 1.32 bits per heavy atom. The number of hydrogen-bond donors (Lipinski definition) is 4. The molecule has 4 N–H and O–H groups in total. The number of Topliss-reactive ketones (excluding diaryl/α,β-unsaturated/α-hetero) is 1. The first-order chi connectivity index (χ1) is 43.6. The lowest BCUT2D eigenvalue weighted by atomic mass is 9.80. The molecule has 2 atom stereocenters. The highest BCUT2D eigenvalue weighted by atomic mass is 16.3. The normalized spacial score (nSPS) is 15.1. The molecule has 6 aliphatic rings.